The Bertz CT molecular complexity index is 1050. The summed E-state index contributed by atoms with van der Waals surface area (Å²) in [5, 5.41) is 2.89. The van der Waals surface area contributed by atoms with Crippen molar-refractivity contribution in [3.63, 3.8) is 0 Å². The molecule has 6 nitrogen and oxygen atoms in total. The number of hydrogen-bond acceptors (Lipinski definition) is 5. The smallest absolute Gasteiger partial charge is 0.387 e. The lowest BCUT2D eigenvalue weighted by atomic mass is 10.1. The number of nitrogens with zero attached hydrogens (tertiary/aromatic N) is 2. The Morgan fingerprint density at radius 2 is 1.87 bits per heavy atom. The quantitative estimate of drug-likeness (QED) is 0.569. The van der Waals surface area contributed by atoms with Crippen molar-refractivity contribution in [2.75, 3.05) is 5.75 Å². The number of amides is 2. The van der Waals surface area contributed by atoms with Gasteiger partial charge in [0.15, 0.2) is 5.16 Å². The van der Waals surface area contributed by atoms with E-state index in [1.165, 1.54) is 41.6 Å². The molecule has 2 amide bonds. The largest absolute Gasteiger partial charge is 0.435 e. The number of aromatic nitrogens is 2. The Kier molecular flexibility index (Phi) is 6.83. The molecular weight excluding hydrogens is 412 g/mol. The van der Waals surface area contributed by atoms with E-state index in [0.29, 0.717) is 5.16 Å². The number of imidazole rings is 1. The van der Waals surface area contributed by atoms with Crippen LogP contribution >= 0.6 is 11.8 Å². The highest BCUT2D eigenvalue weighted by Gasteiger charge is 2.14. The van der Waals surface area contributed by atoms with Gasteiger partial charge >= 0.3 is 6.61 Å². The lowest BCUT2D eigenvalue weighted by molar-refractivity contribution is -0.117. The van der Waals surface area contributed by atoms with Gasteiger partial charge < -0.3 is 4.74 Å². The average molecular weight is 431 g/mol. The number of carbonyl (C=O) groups excluding carboxylic acids is 2. The molecule has 0 bridgehead atoms. The summed E-state index contributed by atoms with van der Waals surface area (Å²) in [7, 11) is 0. The topological polar surface area (TPSA) is 73.2 Å². The van der Waals surface area contributed by atoms with Crippen LogP contribution in [0.1, 0.15) is 21.5 Å². The standard InChI is InChI=1S/C21H19F2N3O3S/c1-13-3-6-16(11-14(13)2)26-10-9-24-21(26)30-12-18(27)25-19(28)15-4-7-17(8-5-15)29-20(22)23/h3-11,20H,12H2,1-2H3,(H,25,27,28). The van der Waals surface area contributed by atoms with Crippen molar-refractivity contribution < 1.29 is 23.1 Å². The summed E-state index contributed by atoms with van der Waals surface area (Å²) in [6.45, 7) is 1.11. The van der Waals surface area contributed by atoms with Crippen LogP contribution in [0.4, 0.5) is 8.78 Å². The molecule has 0 fully saturated rings. The normalized spacial score (nSPS) is 10.8. The van der Waals surface area contributed by atoms with Gasteiger partial charge in [-0.3, -0.25) is 19.5 Å². The maximum absolute atomic E-state index is 12.2. The van der Waals surface area contributed by atoms with Crippen molar-refractivity contribution in [3.8, 4) is 11.4 Å². The molecule has 156 valence electrons. The van der Waals surface area contributed by atoms with E-state index in [4.69, 9.17) is 0 Å². The number of nitrogens with one attached hydrogen (secondary N) is 1. The first-order chi connectivity index (χ1) is 14.3. The molecule has 9 heteroatoms. The predicted octanol–water partition coefficient (Wildman–Crippen LogP) is 4.14. The van der Waals surface area contributed by atoms with E-state index in [2.05, 4.69) is 15.0 Å². The number of benzene rings is 2. The molecule has 0 unspecified atom stereocenters. The third-order valence-corrected chi connectivity index (χ3v) is 5.27. The van der Waals surface area contributed by atoms with Gasteiger partial charge in [-0.2, -0.15) is 8.78 Å². The van der Waals surface area contributed by atoms with Gasteiger partial charge in [-0.25, -0.2) is 4.98 Å². The van der Waals surface area contributed by atoms with Crippen molar-refractivity contribution >= 4 is 23.6 Å². The lowest BCUT2D eigenvalue weighted by Gasteiger charge is -2.10. The molecule has 1 aromatic heterocycles. The van der Waals surface area contributed by atoms with Crippen LogP contribution in [0.15, 0.2) is 60.0 Å². The zero-order valence-corrected chi connectivity index (χ0v) is 17.1. The Morgan fingerprint density at radius 1 is 1.13 bits per heavy atom. The van der Waals surface area contributed by atoms with Gasteiger partial charge in [-0.15, -0.1) is 0 Å². The van der Waals surface area contributed by atoms with Gasteiger partial charge in [-0.05, 0) is 61.4 Å². The second-order valence-electron chi connectivity index (χ2n) is 6.42. The minimum Gasteiger partial charge on any atom is -0.435 e. The summed E-state index contributed by atoms with van der Waals surface area (Å²) >= 11 is 1.20. The number of rotatable bonds is 7. The number of thioether (sulfide) groups is 1. The number of carbonyl (C=O) groups is 2. The van der Waals surface area contributed by atoms with E-state index in [0.717, 1.165) is 11.3 Å². The molecule has 0 aliphatic heterocycles. The van der Waals surface area contributed by atoms with Crippen molar-refractivity contribution in [3.05, 3.63) is 71.5 Å². The van der Waals surface area contributed by atoms with Gasteiger partial charge in [0.25, 0.3) is 5.91 Å². The number of halogens is 2. The first-order valence-electron chi connectivity index (χ1n) is 8.96. The van der Waals surface area contributed by atoms with Gasteiger partial charge in [0.2, 0.25) is 5.91 Å². The summed E-state index contributed by atoms with van der Waals surface area (Å²) in [6.07, 6.45) is 3.45. The van der Waals surface area contributed by atoms with E-state index in [1.807, 2.05) is 36.6 Å². The lowest BCUT2D eigenvalue weighted by Crippen LogP contribution is -2.31. The summed E-state index contributed by atoms with van der Waals surface area (Å²) in [4.78, 5) is 28.6. The van der Waals surface area contributed by atoms with Crippen molar-refractivity contribution in [1.29, 1.82) is 0 Å². The van der Waals surface area contributed by atoms with Crippen LogP contribution in [0, 0.1) is 13.8 Å². The number of aryl methyl sites for hydroxylation is 2. The molecule has 1 heterocycles. The maximum atomic E-state index is 12.2. The van der Waals surface area contributed by atoms with E-state index in [9.17, 15) is 18.4 Å². The molecule has 0 saturated heterocycles. The molecule has 0 saturated carbocycles. The number of imide groups is 1. The molecule has 30 heavy (non-hydrogen) atoms. The third kappa shape index (κ3) is 5.44. The van der Waals surface area contributed by atoms with Crippen molar-refractivity contribution in [1.82, 2.24) is 14.9 Å². The van der Waals surface area contributed by atoms with Gasteiger partial charge in [0, 0.05) is 23.6 Å². The highest BCUT2D eigenvalue weighted by atomic mass is 32.2. The first kappa shape index (κ1) is 21.5. The molecule has 1 N–H and O–H groups in total. The molecule has 0 radical (unpaired) electrons. The van der Waals surface area contributed by atoms with Crippen molar-refractivity contribution in [2.45, 2.75) is 25.6 Å². The van der Waals surface area contributed by atoms with Crippen LogP contribution in [-0.4, -0.2) is 33.7 Å². The average Bonchev–Trinajstić information content (AvgIpc) is 3.17. The minimum absolute atomic E-state index is 0.0137. The molecule has 3 aromatic rings. The third-order valence-electron chi connectivity index (χ3n) is 4.30. The number of ether oxygens (including phenoxy) is 1. The minimum atomic E-state index is -2.94. The van der Waals surface area contributed by atoms with E-state index < -0.39 is 18.4 Å². The fourth-order valence-electron chi connectivity index (χ4n) is 2.62. The number of hydrogen-bond donors (Lipinski definition) is 1. The zero-order valence-electron chi connectivity index (χ0n) is 16.3. The highest BCUT2D eigenvalue weighted by molar-refractivity contribution is 7.99. The monoisotopic (exact) mass is 431 g/mol. The fraction of sp³-hybridized carbons (Fsp3) is 0.190. The van der Waals surface area contributed by atoms with Crippen LogP contribution in [0.3, 0.4) is 0 Å². The van der Waals surface area contributed by atoms with Crippen LogP contribution in [0.25, 0.3) is 5.69 Å². The maximum Gasteiger partial charge on any atom is 0.387 e. The van der Waals surface area contributed by atoms with Crippen LogP contribution < -0.4 is 10.1 Å². The highest BCUT2D eigenvalue weighted by Crippen LogP contribution is 2.22. The zero-order chi connectivity index (χ0) is 21.7. The second-order valence-corrected chi connectivity index (χ2v) is 7.36. The summed E-state index contributed by atoms with van der Waals surface area (Å²) in [5.41, 5.74) is 3.41. The summed E-state index contributed by atoms with van der Waals surface area (Å²) < 4.78 is 30.4. The van der Waals surface area contributed by atoms with E-state index in [1.54, 1.807) is 12.4 Å². The molecular formula is C21H19F2N3O3S. The molecule has 0 aliphatic carbocycles. The Morgan fingerprint density at radius 3 is 2.53 bits per heavy atom. The van der Waals surface area contributed by atoms with Crippen LogP contribution in [0.2, 0.25) is 0 Å². The molecule has 2 aromatic carbocycles. The van der Waals surface area contributed by atoms with Crippen LogP contribution in [-0.2, 0) is 4.79 Å². The second kappa shape index (κ2) is 9.53. The first-order valence-corrected chi connectivity index (χ1v) is 9.95. The molecule has 0 spiro atoms. The van der Waals surface area contributed by atoms with E-state index in [-0.39, 0.29) is 17.1 Å². The predicted molar refractivity (Wildman–Crippen MR) is 109 cm³/mol. The van der Waals surface area contributed by atoms with Crippen molar-refractivity contribution in [2.24, 2.45) is 0 Å². The Labute approximate surface area is 176 Å². The van der Waals surface area contributed by atoms with Crippen LogP contribution in [0.5, 0.6) is 5.75 Å². The number of alkyl halides is 2. The molecule has 0 aliphatic rings. The fourth-order valence-corrected chi connectivity index (χ4v) is 3.39. The summed E-state index contributed by atoms with van der Waals surface area (Å²) in [5.74, 6) is -1.20. The summed E-state index contributed by atoms with van der Waals surface area (Å²) in [6, 6.07) is 11.1. The Balaban J connectivity index is 1.58. The SMILES string of the molecule is Cc1ccc(-n2ccnc2SCC(=O)NC(=O)c2ccc(OC(F)F)cc2)cc1C. The van der Waals surface area contributed by atoms with Gasteiger partial charge in [0.1, 0.15) is 5.75 Å². The van der Waals surface area contributed by atoms with Gasteiger partial charge in [-0.1, -0.05) is 17.8 Å². The van der Waals surface area contributed by atoms with E-state index >= 15 is 0 Å². The van der Waals surface area contributed by atoms with Gasteiger partial charge in [0.05, 0.1) is 5.75 Å². The Hall–Kier alpha value is -3.20. The molecule has 0 atom stereocenters. The molecule has 3 rings (SSSR count).